The summed E-state index contributed by atoms with van der Waals surface area (Å²) in [5.41, 5.74) is 2.85. The van der Waals surface area contributed by atoms with E-state index in [4.69, 9.17) is 9.84 Å². The molecule has 1 N–H and O–H groups in total. The molecule has 1 aromatic rings. The number of carboxylic acids is 1. The van der Waals surface area contributed by atoms with Gasteiger partial charge in [0.15, 0.2) is 0 Å². The summed E-state index contributed by atoms with van der Waals surface area (Å²) in [6.07, 6.45) is 5.84. The number of carboxylic acid groups (broad SMARTS) is 1. The zero-order valence-electron chi connectivity index (χ0n) is 16.3. The number of aromatic carboxylic acids is 1. The number of carbonyl (C=O) groups is 2. The molecule has 142 valence electrons. The van der Waals surface area contributed by atoms with Gasteiger partial charge in [0.25, 0.3) is 0 Å². The lowest BCUT2D eigenvalue weighted by Gasteiger charge is -2.32. The van der Waals surface area contributed by atoms with E-state index in [1.807, 2.05) is 34.6 Å². The maximum atomic E-state index is 12.1. The van der Waals surface area contributed by atoms with Gasteiger partial charge in [0.2, 0.25) is 0 Å². The van der Waals surface area contributed by atoms with Gasteiger partial charge in [0.05, 0.1) is 5.56 Å². The molecule has 1 amide bonds. The summed E-state index contributed by atoms with van der Waals surface area (Å²) in [6.45, 7) is 10.9. The van der Waals surface area contributed by atoms with Crippen LogP contribution in [0, 0.1) is 19.8 Å². The van der Waals surface area contributed by atoms with Gasteiger partial charge in [-0.25, -0.2) is 9.59 Å². The van der Waals surface area contributed by atoms with Gasteiger partial charge in [-0.2, -0.15) is 0 Å². The topological polar surface area (TPSA) is 66.8 Å². The van der Waals surface area contributed by atoms with Gasteiger partial charge in [0.1, 0.15) is 5.60 Å². The van der Waals surface area contributed by atoms with E-state index < -0.39 is 11.6 Å². The molecular formula is C21H29NO4. The lowest BCUT2D eigenvalue weighted by Crippen LogP contribution is -2.41. The second kappa shape index (κ2) is 7.94. The number of nitrogens with zero attached hydrogens (tertiary/aromatic N) is 1. The van der Waals surface area contributed by atoms with Crippen molar-refractivity contribution >= 4 is 18.1 Å². The molecular weight excluding hydrogens is 330 g/mol. The SMILES string of the molecule is Cc1cc(C(=O)O)cc(C)c1/C=C/C1CCN(C(=O)OC(C)(C)C)CC1. The van der Waals surface area contributed by atoms with Crippen molar-refractivity contribution in [3.05, 3.63) is 40.5 Å². The molecule has 0 bridgehead atoms. The molecule has 1 saturated heterocycles. The molecule has 0 aromatic heterocycles. The van der Waals surface area contributed by atoms with Crippen LogP contribution in [0.15, 0.2) is 18.2 Å². The van der Waals surface area contributed by atoms with Crippen molar-refractivity contribution in [3.8, 4) is 0 Å². The minimum atomic E-state index is -0.902. The maximum absolute atomic E-state index is 12.1. The number of allylic oxidation sites excluding steroid dienone is 1. The highest BCUT2D eigenvalue weighted by atomic mass is 16.6. The third kappa shape index (κ3) is 5.35. The Morgan fingerprint density at radius 1 is 1.15 bits per heavy atom. The van der Waals surface area contributed by atoms with E-state index in [9.17, 15) is 9.59 Å². The van der Waals surface area contributed by atoms with Crippen LogP contribution in [0.25, 0.3) is 6.08 Å². The van der Waals surface area contributed by atoms with Crippen LogP contribution in [0.4, 0.5) is 4.79 Å². The second-order valence-corrected chi connectivity index (χ2v) is 7.99. The van der Waals surface area contributed by atoms with E-state index in [2.05, 4.69) is 12.2 Å². The van der Waals surface area contributed by atoms with Gasteiger partial charge in [-0.05, 0) is 82.2 Å². The minimum absolute atomic E-state index is 0.240. The summed E-state index contributed by atoms with van der Waals surface area (Å²) in [6, 6.07) is 3.42. The number of hydrogen-bond acceptors (Lipinski definition) is 3. The molecule has 1 aliphatic rings. The predicted molar refractivity (Wildman–Crippen MR) is 102 cm³/mol. The molecule has 0 saturated carbocycles. The molecule has 1 aromatic carbocycles. The highest BCUT2D eigenvalue weighted by molar-refractivity contribution is 5.88. The minimum Gasteiger partial charge on any atom is -0.478 e. The van der Waals surface area contributed by atoms with E-state index in [0.29, 0.717) is 24.6 Å². The van der Waals surface area contributed by atoms with E-state index in [1.165, 1.54) is 0 Å². The van der Waals surface area contributed by atoms with Crippen molar-refractivity contribution in [1.82, 2.24) is 4.90 Å². The number of hydrogen-bond donors (Lipinski definition) is 1. The molecule has 26 heavy (non-hydrogen) atoms. The zero-order chi connectivity index (χ0) is 19.5. The summed E-state index contributed by atoms with van der Waals surface area (Å²) in [4.78, 5) is 25.0. The molecule has 1 aliphatic heterocycles. The Hall–Kier alpha value is -2.30. The Bertz CT molecular complexity index is 684. The van der Waals surface area contributed by atoms with Crippen LogP contribution < -0.4 is 0 Å². The molecule has 1 fully saturated rings. The van der Waals surface area contributed by atoms with Crippen molar-refractivity contribution in [2.24, 2.45) is 5.92 Å². The van der Waals surface area contributed by atoms with E-state index in [-0.39, 0.29) is 6.09 Å². The molecule has 0 atom stereocenters. The standard InChI is InChI=1S/C21H29NO4/c1-14-12-17(19(23)24)13-15(2)18(14)7-6-16-8-10-22(11-9-16)20(25)26-21(3,4)5/h6-7,12-13,16H,8-11H2,1-5H3,(H,23,24)/b7-6+. The van der Waals surface area contributed by atoms with Gasteiger partial charge < -0.3 is 14.7 Å². The van der Waals surface area contributed by atoms with Crippen molar-refractivity contribution in [2.75, 3.05) is 13.1 Å². The zero-order valence-corrected chi connectivity index (χ0v) is 16.3. The first-order chi connectivity index (χ1) is 12.1. The van der Waals surface area contributed by atoms with E-state index in [1.54, 1.807) is 17.0 Å². The second-order valence-electron chi connectivity index (χ2n) is 7.99. The first-order valence-electron chi connectivity index (χ1n) is 9.07. The molecule has 0 radical (unpaired) electrons. The van der Waals surface area contributed by atoms with Crippen molar-refractivity contribution in [1.29, 1.82) is 0 Å². The summed E-state index contributed by atoms with van der Waals surface area (Å²) in [5, 5.41) is 9.14. The first-order valence-corrected chi connectivity index (χ1v) is 9.07. The fraction of sp³-hybridized carbons (Fsp3) is 0.524. The molecule has 1 heterocycles. The number of carbonyl (C=O) groups excluding carboxylic acids is 1. The molecule has 0 spiro atoms. The quantitative estimate of drug-likeness (QED) is 0.852. The number of piperidine rings is 1. The molecule has 5 heteroatoms. The summed E-state index contributed by atoms with van der Waals surface area (Å²) in [7, 11) is 0. The third-order valence-corrected chi connectivity index (χ3v) is 4.57. The van der Waals surface area contributed by atoms with Crippen LogP contribution in [0.1, 0.15) is 60.7 Å². The Morgan fingerprint density at radius 3 is 2.15 bits per heavy atom. The normalized spacial score (nSPS) is 16.1. The van der Waals surface area contributed by atoms with Crippen LogP contribution in [-0.4, -0.2) is 40.8 Å². The van der Waals surface area contributed by atoms with Crippen molar-refractivity contribution in [3.63, 3.8) is 0 Å². The fourth-order valence-electron chi connectivity index (χ4n) is 3.19. The summed E-state index contributed by atoms with van der Waals surface area (Å²) < 4.78 is 5.42. The highest BCUT2D eigenvalue weighted by Gasteiger charge is 2.25. The predicted octanol–water partition coefficient (Wildman–Crippen LogP) is 4.66. The summed E-state index contributed by atoms with van der Waals surface area (Å²) >= 11 is 0. The number of likely N-dealkylation sites (tertiary alicyclic amines) is 1. The molecule has 2 rings (SSSR count). The number of aryl methyl sites for hydroxylation is 2. The largest absolute Gasteiger partial charge is 0.478 e. The van der Waals surface area contributed by atoms with E-state index in [0.717, 1.165) is 29.5 Å². The van der Waals surface area contributed by atoms with Crippen LogP contribution in [-0.2, 0) is 4.74 Å². The molecule has 5 nitrogen and oxygen atoms in total. The van der Waals surface area contributed by atoms with Crippen LogP contribution in [0.3, 0.4) is 0 Å². The maximum Gasteiger partial charge on any atom is 0.410 e. The van der Waals surface area contributed by atoms with E-state index >= 15 is 0 Å². The average molecular weight is 359 g/mol. The Morgan fingerprint density at radius 2 is 1.69 bits per heavy atom. The molecule has 0 aliphatic carbocycles. The van der Waals surface area contributed by atoms with Crippen LogP contribution in [0.2, 0.25) is 0 Å². The fourth-order valence-corrected chi connectivity index (χ4v) is 3.19. The Labute approximate surface area is 155 Å². The average Bonchev–Trinajstić information content (AvgIpc) is 2.52. The number of amides is 1. The van der Waals surface area contributed by atoms with Crippen LogP contribution >= 0.6 is 0 Å². The number of rotatable bonds is 3. The van der Waals surface area contributed by atoms with Gasteiger partial charge in [-0.3, -0.25) is 0 Å². The van der Waals surface area contributed by atoms with Gasteiger partial charge in [0, 0.05) is 13.1 Å². The summed E-state index contributed by atoms with van der Waals surface area (Å²) in [5.74, 6) is -0.493. The first kappa shape index (κ1) is 20.0. The van der Waals surface area contributed by atoms with Gasteiger partial charge in [-0.15, -0.1) is 0 Å². The van der Waals surface area contributed by atoms with Gasteiger partial charge >= 0.3 is 12.1 Å². The Kier molecular flexibility index (Phi) is 6.11. The lowest BCUT2D eigenvalue weighted by molar-refractivity contribution is 0.0197. The number of ether oxygens (including phenoxy) is 1. The van der Waals surface area contributed by atoms with Crippen molar-refractivity contribution in [2.45, 2.75) is 53.1 Å². The van der Waals surface area contributed by atoms with Gasteiger partial charge in [-0.1, -0.05) is 12.2 Å². The highest BCUT2D eigenvalue weighted by Crippen LogP contribution is 2.24. The monoisotopic (exact) mass is 359 g/mol. The third-order valence-electron chi connectivity index (χ3n) is 4.57. The molecule has 0 unspecified atom stereocenters. The van der Waals surface area contributed by atoms with Crippen LogP contribution in [0.5, 0.6) is 0 Å². The number of benzene rings is 1. The van der Waals surface area contributed by atoms with Crippen molar-refractivity contribution < 1.29 is 19.4 Å². The lowest BCUT2D eigenvalue weighted by atomic mass is 9.93. The smallest absolute Gasteiger partial charge is 0.410 e. The Balaban J connectivity index is 1.97.